The minimum absolute atomic E-state index is 0.575. The second kappa shape index (κ2) is 7.10. The van der Waals surface area contributed by atoms with Gasteiger partial charge in [-0.3, -0.25) is 0 Å². The number of rotatable bonds is 6. The lowest BCUT2D eigenvalue weighted by molar-refractivity contribution is 0.255. The van der Waals surface area contributed by atoms with Crippen LogP contribution in [0.4, 0.5) is 0 Å². The predicted molar refractivity (Wildman–Crippen MR) is 77.4 cm³/mol. The zero-order chi connectivity index (χ0) is 13.5. The molecule has 0 heterocycles. The van der Waals surface area contributed by atoms with Crippen molar-refractivity contribution in [2.45, 2.75) is 34.1 Å². The predicted octanol–water partition coefficient (Wildman–Crippen LogP) is 4.46. The smallest absolute Gasteiger partial charge is 0.127 e. The van der Waals surface area contributed by atoms with Crippen LogP contribution in [0.15, 0.2) is 18.2 Å². The van der Waals surface area contributed by atoms with E-state index in [4.69, 9.17) is 9.47 Å². The van der Waals surface area contributed by atoms with E-state index in [0.717, 1.165) is 35.7 Å². The van der Waals surface area contributed by atoms with E-state index in [1.807, 2.05) is 32.1 Å². The van der Waals surface area contributed by atoms with Gasteiger partial charge in [0.05, 0.1) is 13.7 Å². The molecule has 1 atom stereocenters. The van der Waals surface area contributed by atoms with Gasteiger partial charge in [-0.15, -0.1) is 0 Å². The van der Waals surface area contributed by atoms with Gasteiger partial charge in [-0.25, -0.2) is 0 Å². The Labute approximate surface area is 111 Å². The van der Waals surface area contributed by atoms with Gasteiger partial charge in [0.1, 0.15) is 11.5 Å². The maximum Gasteiger partial charge on any atom is 0.127 e. The van der Waals surface area contributed by atoms with Gasteiger partial charge in [0.15, 0.2) is 0 Å². The number of hydrogen-bond donors (Lipinski definition) is 0. The van der Waals surface area contributed by atoms with E-state index in [2.05, 4.69) is 19.9 Å². The Morgan fingerprint density at radius 2 is 2.00 bits per heavy atom. The number of benzene rings is 1. The van der Waals surface area contributed by atoms with E-state index >= 15 is 0 Å². The molecule has 1 aromatic rings. The van der Waals surface area contributed by atoms with Gasteiger partial charge in [-0.05, 0) is 37.5 Å². The summed E-state index contributed by atoms with van der Waals surface area (Å²) in [4.78, 5) is 0. The summed E-state index contributed by atoms with van der Waals surface area (Å²) in [5.74, 6) is 2.41. The first kappa shape index (κ1) is 14.6. The highest BCUT2D eigenvalue weighted by Crippen LogP contribution is 2.29. The number of allylic oxidation sites excluding steroid dienone is 1. The molecule has 0 aliphatic rings. The summed E-state index contributed by atoms with van der Waals surface area (Å²) in [6.45, 7) is 9.18. The molecular formula is C16H24O2. The van der Waals surface area contributed by atoms with Crippen molar-refractivity contribution in [2.24, 2.45) is 5.92 Å². The molecule has 0 fully saturated rings. The van der Waals surface area contributed by atoms with Crippen LogP contribution in [0.1, 0.15) is 38.3 Å². The summed E-state index contributed by atoms with van der Waals surface area (Å²) in [6, 6.07) is 4.08. The topological polar surface area (TPSA) is 18.5 Å². The van der Waals surface area contributed by atoms with Crippen molar-refractivity contribution in [3.05, 3.63) is 29.3 Å². The summed E-state index contributed by atoms with van der Waals surface area (Å²) in [6.07, 6.45) is 5.20. The molecule has 0 spiro atoms. The highest BCUT2D eigenvalue weighted by atomic mass is 16.5. The number of aryl methyl sites for hydroxylation is 1. The second-order valence-electron chi connectivity index (χ2n) is 4.68. The Morgan fingerprint density at radius 1 is 1.28 bits per heavy atom. The Bertz CT molecular complexity index is 408. The molecule has 0 amide bonds. The van der Waals surface area contributed by atoms with Gasteiger partial charge in [-0.1, -0.05) is 32.4 Å². The van der Waals surface area contributed by atoms with E-state index in [9.17, 15) is 0 Å². The van der Waals surface area contributed by atoms with Crippen LogP contribution in [-0.4, -0.2) is 13.7 Å². The Balaban J connectivity index is 2.97. The average molecular weight is 248 g/mol. The fourth-order valence-electron chi connectivity index (χ4n) is 1.68. The van der Waals surface area contributed by atoms with Crippen LogP contribution in [0.2, 0.25) is 0 Å². The molecule has 2 nitrogen and oxygen atoms in total. The number of methoxy groups -OCH3 is 1. The minimum Gasteiger partial charge on any atom is -0.496 e. The maximum atomic E-state index is 5.92. The molecule has 0 aliphatic heterocycles. The third-order valence-corrected chi connectivity index (χ3v) is 3.09. The fraction of sp³-hybridized carbons (Fsp3) is 0.500. The minimum atomic E-state index is 0.575. The van der Waals surface area contributed by atoms with Gasteiger partial charge < -0.3 is 9.47 Å². The normalized spacial score (nSPS) is 12.7. The summed E-state index contributed by atoms with van der Waals surface area (Å²) in [5, 5.41) is 0. The van der Waals surface area contributed by atoms with Crippen LogP contribution in [0.3, 0.4) is 0 Å². The zero-order valence-corrected chi connectivity index (χ0v) is 12.1. The maximum absolute atomic E-state index is 5.92. The summed E-state index contributed by atoms with van der Waals surface area (Å²) in [5.41, 5.74) is 2.17. The first-order chi connectivity index (χ1) is 8.62. The summed E-state index contributed by atoms with van der Waals surface area (Å²) >= 11 is 0. The summed E-state index contributed by atoms with van der Waals surface area (Å²) in [7, 11) is 1.70. The molecule has 1 aromatic carbocycles. The van der Waals surface area contributed by atoms with E-state index in [1.165, 1.54) is 0 Å². The molecule has 0 aromatic heterocycles. The van der Waals surface area contributed by atoms with Crippen molar-refractivity contribution in [1.29, 1.82) is 0 Å². The standard InChI is InChI=1S/C16H24O2/c1-6-8-14-10-15(17-5)13(4)9-16(14)18-11-12(3)7-2/h6,8-10,12H,7,11H2,1-5H3/b8-6+. The molecule has 2 heteroatoms. The molecule has 0 aliphatic carbocycles. The molecule has 1 unspecified atom stereocenters. The Hall–Kier alpha value is -1.44. The lowest BCUT2D eigenvalue weighted by Gasteiger charge is -2.15. The van der Waals surface area contributed by atoms with E-state index in [1.54, 1.807) is 7.11 Å². The van der Waals surface area contributed by atoms with Crippen LogP contribution in [0.25, 0.3) is 6.08 Å². The zero-order valence-electron chi connectivity index (χ0n) is 12.1. The van der Waals surface area contributed by atoms with Crippen molar-refractivity contribution in [1.82, 2.24) is 0 Å². The summed E-state index contributed by atoms with van der Waals surface area (Å²) < 4.78 is 11.3. The molecule has 0 radical (unpaired) electrons. The van der Waals surface area contributed by atoms with Gasteiger partial charge in [0.2, 0.25) is 0 Å². The first-order valence-electron chi connectivity index (χ1n) is 6.56. The van der Waals surface area contributed by atoms with Crippen molar-refractivity contribution >= 4 is 6.08 Å². The average Bonchev–Trinajstić information content (AvgIpc) is 2.38. The van der Waals surface area contributed by atoms with Gasteiger partial charge in [-0.2, -0.15) is 0 Å². The number of hydrogen-bond acceptors (Lipinski definition) is 2. The van der Waals surface area contributed by atoms with Crippen LogP contribution in [0.5, 0.6) is 11.5 Å². The van der Waals surface area contributed by atoms with Gasteiger partial charge >= 0.3 is 0 Å². The monoisotopic (exact) mass is 248 g/mol. The van der Waals surface area contributed by atoms with Gasteiger partial charge in [0.25, 0.3) is 0 Å². The van der Waals surface area contributed by atoms with E-state index in [-0.39, 0.29) is 0 Å². The molecule has 18 heavy (non-hydrogen) atoms. The molecule has 0 saturated heterocycles. The highest BCUT2D eigenvalue weighted by molar-refractivity contribution is 5.61. The van der Waals surface area contributed by atoms with Crippen LogP contribution in [0, 0.1) is 12.8 Å². The van der Waals surface area contributed by atoms with Gasteiger partial charge in [0, 0.05) is 5.56 Å². The van der Waals surface area contributed by atoms with Crippen molar-refractivity contribution in [2.75, 3.05) is 13.7 Å². The first-order valence-corrected chi connectivity index (χ1v) is 6.56. The van der Waals surface area contributed by atoms with E-state index in [0.29, 0.717) is 5.92 Å². The largest absolute Gasteiger partial charge is 0.496 e. The third kappa shape index (κ3) is 3.80. The molecule has 100 valence electrons. The molecule has 1 rings (SSSR count). The second-order valence-corrected chi connectivity index (χ2v) is 4.68. The lowest BCUT2D eigenvalue weighted by atomic mass is 10.1. The quantitative estimate of drug-likeness (QED) is 0.740. The Morgan fingerprint density at radius 3 is 2.56 bits per heavy atom. The molecule has 0 bridgehead atoms. The lowest BCUT2D eigenvalue weighted by Crippen LogP contribution is -2.08. The third-order valence-electron chi connectivity index (χ3n) is 3.09. The van der Waals surface area contributed by atoms with Crippen molar-refractivity contribution in [3.8, 4) is 11.5 Å². The highest BCUT2D eigenvalue weighted by Gasteiger charge is 2.08. The van der Waals surface area contributed by atoms with Crippen LogP contribution >= 0.6 is 0 Å². The van der Waals surface area contributed by atoms with Crippen LogP contribution < -0.4 is 9.47 Å². The van der Waals surface area contributed by atoms with Crippen LogP contribution in [-0.2, 0) is 0 Å². The Kier molecular flexibility index (Phi) is 5.76. The fourth-order valence-corrected chi connectivity index (χ4v) is 1.68. The molecule has 0 N–H and O–H groups in total. The molecule has 0 saturated carbocycles. The number of ether oxygens (including phenoxy) is 2. The van der Waals surface area contributed by atoms with Crippen molar-refractivity contribution in [3.63, 3.8) is 0 Å². The van der Waals surface area contributed by atoms with E-state index < -0.39 is 0 Å². The molecular weight excluding hydrogens is 224 g/mol. The SMILES string of the molecule is C/C=C/c1cc(OC)c(C)cc1OCC(C)CC. The van der Waals surface area contributed by atoms with Crippen molar-refractivity contribution < 1.29 is 9.47 Å².